The summed E-state index contributed by atoms with van der Waals surface area (Å²) in [5, 5.41) is 6.17. The summed E-state index contributed by atoms with van der Waals surface area (Å²) in [6, 6.07) is 16.9. The van der Waals surface area contributed by atoms with Crippen molar-refractivity contribution < 1.29 is 4.74 Å². The minimum Gasteiger partial charge on any atom is -0.497 e. The van der Waals surface area contributed by atoms with Gasteiger partial charge in [-0.3, -0.25) is 0 Å². The molecule has 124 valence electrons. The van der Waals surface area contributed by atoms with E-state index >= 15 is 0 Å². The van der Waals surface area contributed by atoms with Gasteiger partial charge in [-0.05, 0) is 48.7 Å². The van der Waals surface area contributed by atoms with Gasteiger partial charge in [0.1, 0.15) is 5.75 Å². The van der Waals surface area contributed by atoms with E-state index in [0.717, 1.165) is 25.4 Å². The fraction of sp³-hybridized carbons (Fsp3) is 0.300. The average molecular weight is 321 g/mol. The second kappa shape index (κ2) is 6.57. The van der Waals surface area contributed by atoms with Gasteiger partial charge >= 0.3 is 0 Å². The second-order valence-electron chi connectivity index (χ2n) is 6.28. The Morgan fingerprint density at radius 1 is 1.04 bits per heavy atom. The lowest BCUT2D eigenvalue weighted by atomic mass is 10.1. The molecule has 1 saturated heterocycles. The molecule has 0 spiro atoms. The van der Waals surface area contributed by atoms with Crippen LogP contribution in [-0.4, -0.2) is 30.2 Å². The first-order chi connectivity index (χ1) is 11.8. The molecule has 0 saturated carbocycles. The van der Waals surface area contributed by atoms with Crippen molar-refractivity contribution in [3.05, 3.63) is 60.3 Å². The van der Waals surface area contributed by atoms with Crippen LogP contribution in [0.25, 0.3) is 10.9 Å². The minimum absolute atomic E-state index is 0.871. The molecular weight excluding hydrogens is 298 g/mol. The predicted molar refractivity (Wildman–Crippen MR) is 98.3 cm³/mol. The fourth-order valence-corrected chi connectivity index (χ4v) is 3.47. The van der Waals surface area contributed by atoms with E-state index in [1.807, 2.05) is 12.1 Å². The first-order valence-corrected chi connectivity index (χ1v) is 8.56. The molecule has 2 aromatic carbocycles. The number of fused-ring (bicyclic) bond motifs is 1. The lowest BCUT2D eigenvalue weighted by molar-refractivity contribution is 0.304. The Kier molecular flexibility index (Phi) is 4.13. The van der Waals surface area contributed by atoms with Crippen LogP contribution in [-0.2, 0) is 6.54 Å². The zero-order chi connectivity index (χ0) is 16.4. The maximum Gasteiger partial charge on any atom is 0.119 e. The van der Waals surface area contributed by atoms with Crippen LogP contribution in [0.3, 0.4) is 0 Å². The van der Waals surface area contributed by atoms with E-state index in [1.165, 1.54) is 35.0 Å². The van der Waals surface area contributed by atoms with Gasteiger partial charge in [0.25, 0.3) is 0 Å². The van der Waals surface area contributed by atoms with Gasteiger partial charge in [0, 0.05) is 30.2 Å². The molecule has 1 aliphatic rings. The topological polar surface area (TPSA) is 31.5 Å². The number of rotatable bonds is 5. The van der Waals surface area contributed by atoms with Crippen LogP contribution < -0.4 is 9.75 Å². The van der Waals surface area contributed by atoms with Crippen molar-refractivity contribution in [1.29, 1.82) is 0 Å². The molecule has 0 atom stereocenters. The molecule has 4 heteroatoms. The van der Waals surface area contributed by atoms with Crippen molar-refractivity contribution in [3.63, 3.8) is 0 Å². The number of benzene rings is 2. The average Bonchev–Trinajstić information content (AvgIpc) is 3.30. The summed E-state index contributed by atoms with van der Waals surface area (Å²) in [7, 11) is 1.71. The molecule has 4 nitrogen and oxygen atoms in total. The monoisotopic (exact) mass is 321 g/mol. The number of hydrogen-bond donors (Lipinski definition) is 1. The molecule has 3 aromatic rings. The van der Waals surface area contributed by atoms with Crippen LogP contribution in [0.2, 0.25) is 0 Å². The van der Waals surface area contributed by atoms with E-state index in [1.54, 1.807) is 7.11 Å². The number of H-pyrrole nitrogens is 1. The first kappa shape index (κ1) is 15.1. The maximum absolute atomic E-state index is 5.30. The third kappa shape index (κ3) is 2.85. The van der Waals surface area contributed by atoms with Crippen molar-refractivity contribution in [2.45, 2.75) is 19.4 Å². The number of para-hydroxylation sites is 1. The molecule has 1 aromatic heterocycles. The summed E-state index contributed by atoms with van der Waals surface area (Å²) in [6.07, 6.45) is 4.67. The summed E-state index contributed by atoms with van der Waals surface area (Å²) in [5.74, 6) is 0.896. The van der Waals surface area contributed by atoms with Crippen molar-refractivity contribution in [1.82, 2.24) is 9.99 Å². The number of nitrogens with one attached hydrogen (secondary N) is 1. The van der Waals surface area contributed by atoms with Crippen LogP contribution in [0.4, 0.5) is 5.69 Å². The molecule has 0 radical (unpaired) electrons. The molecule has 0 unspecified atom stereocenters. The smallest absolute Gasteiger partial charge is 0.119 e. The number of anilines is 1. The summed E-state index contributed by atoms with van der Waals surface area (Å²) in [4.78, 5) is 3.39. The summed E-state index contributed by atoms with van der Waals surface area (Å²) in [6.45, 7) is 3.11. The zero-order valence-electron chi connectivity index (χ0n) is 14.0. The highest BCUT2D eigenvalue weighted by Gasteiger charge is 2.21. The van der Waals surface area contributed by atoms with E-state index in [2.05, 4.69) is 57.6 Å². The lowest BCUT2D eigenvalue weighted by Crippen LogP contribution is -2.40. The number of nitrogens with zero attached hydrogens (tertiary/aromatic N) is 2. The van der Waals surface area contributed by atoms with Gasteiger partial charge in [-0.25, -0.2) is 5.01 Å². The Bertz CT molecular complexity index is 803. The van der Waals surface area contributed by atoms with Crippen molar-refractivity contribution >= 4 is 16.6 Å². The van der Waals surface area contributed by atoms with Gasteiger partial charge in [0.2, 0.25) is 0 Å². The highest BCUT2D eigenvalue weighted by Crippen LogP contribution is 2.27. The van der Waals surface area contributed by atoms with Crippen LogP contribution in [0, 0.1) is 0 Å². The number of ether oxygens (including phenoxy) is 1. The lowest BCUT2D eigenvalue weighted by Gasteiger charge is -2.33. The number of methoxy groups -OCH3 is 1. The van der Waals surface area contributed by atoms with Gasteiger partial charge in [-0.15, -0.1) is 0 Å². The third-order valence-electron chi connectivity index (χ3n) is 4.79. The molecule has 1 aliphatic heterocycles. The molecule has 2 heterocycles. The Morgan fingerprint density at radius 3 is 2.54 bits per heavy atom. The second-order valence-corrected chi connectivity index (χ2v) is 6.28. The Morgan fingerprint density at radius 2 is 1.79 bits per heavy atom. The van der Waals surface area contributed by atoms with Crippen molar-refractivity contribution in [2.75, 3.05) is 25.2 Å². The zero-order valence-corrected chi connectivity index (χ0v) is 14.0. The quantitative estimate of drug-likeness (QED) is 0.764. The number of hydrogen-bond acceptors (Lipinski definition) is 3. The Labute approximate surface area is 142 Å². The van der Waals surface area contributed by atoms with Crippen LogP contribution in [0.15, 0.2) is 54.7 Å². The van der Waals surface area contributed by atoms with Crippen LogP contribution in [0.1, 0.15) is 18.4 Å². The predicted octanol–water partition coefficient (Wildman–Crippen LogP) is 4.19. The normalized spacial score (nSPS) is 15.0. The molecule has 0 bridgehead atoms. The van der Waals surface area contributed by atoms with Gasteiger partial charge in [-0.2, -0.15) is 0 Å². The molecule has 1 fully saturated rings. The van der Waals surface area contributed by atoms with Crippen LogP contribution in [0.5, 0.6) is 5.75 Å². The third-order valence-corrected chi connectivity index (χ3v) is 4.79. The van der Waals surface area contributed by atoms with Crippen LogP contribution >= 0.6 is 0 Å². The van der Waals surface area contributed by atoms with E-state index in [9.17, 15) is 0 Å². The number of aromatic amines is 1. The molecule has 0 aliphatic carbocycles. The largest absolute Gasteiger partial charge is 0.497 e. The molecular formula is C20H23N3O. The van der Waals surface area contributed by atoms with E-state index in [-0.39, 0.29) is 0 Å². The van der Waals surface area contributed by atoms with Gasteiger partial charge in [-0.1, -0.05) is 18.2 Å². The molecule has 0 amide bonds. The Balaban J connectivity index is 1.67. The highest BCUT2D eigenvalue weighted by atomic mass is 16.5. The minimum atomic E-state index is 0.871. The number of hydrazine groups is 1. The maximum atomic E-state index is 5.30. The van der Waals surface area contributed by atoms with Gasteiger partial charge < -0.3 is 14.7 Å². The van der Waals surface area contributed by atoms with E-state index in [0.29, 0.717) is 0 Å². The standard InChI is InChI=1S/C20H23N3O/c1-24-18-10-8-17(9-11-18)23(22-12-4-5-13-22)15-16-14-21-20-7-3-2-6-19(16)20/h2-3,6-11,14,21H,4-5,12-13,15H2,1H3. The summed E-state index contributed by atoms with van der Waals surface area (Å²) in [5.41, 5.74) is 3.74. The van der Waals surface area contributed by atoms with Gasteiger partial charge in [0.05, 0.1) is 19.3 Å². The fourth-order valence-electron chi connectivity index (χ4n) is 3.47. The molecule has 24 heavy (non-hydrogen) atoms. The molecule has 4 rings (SSSR count). The van der Waals surface area contributed by atoms with Crippen molar-refractivity contribution in [3.8, 4) is 5.75 Å². The number of aromatic nitrogens is 1. The van der Waals surface area contributed by atoms with Crippen molar-refractivity contribution in [2.24, 2.45) is 0 Å². The Hall–Kier alpha value is -2.46. The van der Waals surface area contributed by atoms with Gasteiger partial charge in [0.15, 0.2) is 0 Å². The summed E-state index contributed by atoms with van der Waals surface area (Å²) < 4.78 is 5.30. The van der Waals surface area contributed by atoms with E-state index in [4.69, 9.17) is 4.74 Å². The SMILES string of the molecule is COc1ccc(N(Cc2c[nH]c3ccccc23)N2CCCC2)cc1. The van der Waals surface area contributed by atoms with E-state index < -0.39 is 0 Å². The highest BCUT2D eigenvalue weighted by molar-refractivity contribution is 5.83. The molecule has 1 N–H and O–H groups in total. The summed E-state index contributed by atoms with van der Waals surface area (Å²) >= 11 is 0. The first-order valence-electron chi connectivity index (χ1n) is 8.56.